The number of nitrogens with one attached hydrogen (secondary N) is 1. The number of rotatable bonds is 6. The van der Waals surface area contributed by atoms with Crippen LogP contribution in [0.5, 0.6) is 0 Å². The Morgan fingerprint density at radius 1 is 1.25 bits per heavy atom. The zero-order valence-corrected chi connectivity index (χ0v) is 18.5. The lowest BCUT2D eigenvalue weighted by molar-refractivity contribution is -0.115. The van der Waals surface area contributed by atoms with Gasteiger partial charge < -0.3 is 5.32 Å². The number of hydrogen-bond donors (Lipinski definition) is 1. The third-order valence-corrected chi connectivity index (χ3v) is 8.41. The number of thiazole rings is 1. The quantitative estimate of drug-likeness (QED) is 0.560. The van der Waals surface area contributed by atoms with Crippen molar-refractivity contribution in [2.75, 3.05) is 19.4 Å². The zero-order chi connectivity index (χ0) is 20.5. The van der Waals surface area contributed by atoms with E-state index in [2.05, 4.69) is 10.3 Å². The van der Waals surface area contributed by atoms with Gasteiger partial charge in [0.25, 0.3) is 0 Å². The maximum absolute atomic E-state index is 12.6. The number of carbonyl (C=O) groups excluding carboxylic acids is 1. The number of benzene rings is 2. The number of halogens is 1. The highest BCUT2D eigenvalue weighted by atomic mass is 35.5. The summed E-state index contributed by atoms with van der Waals surface area (Å²) in [4.78, 5) is 17.0. The lowest BCUT2D eigenvalue weighted by atomic mass is 10.3. The third-order valence-electron chi connectivity index (χ3n) is 3.88. The summed E-state index contributed by atoms with van der Waals surface area (Å²) in [7, 11) is -0.864. The number of amides is 1. The van der Waals surface area contributed by atoms with E-state index in [0.29, 0.717) is 5.69 Å². The van der Waals surface area contributed by atoms with Gasteiger partial charge in [0.1, 0.15) is 4.90 Å². The van der Waals surface area contributed by atoms with E-state index in [-0.39, 0.29) is 15.8 Å². The second kappa shape index (κ2) is 8.38. The molecule has 148 valence electrons. The molecule has 3 aromatic rings. The van der Waals surface area contributed by atoms with Gasteiger partial charge in [0.05, 0.1) is 20.5 Å². The van der Waals surface area contributed by atoms with Crippen molar-refractivity contribution in [1.82, 2.24) is 9.29 Å². The Labute approximate surface area is 177 Å². The van der Waals surface area contributed by atoms with Gasteiger partial charge in [-0.2, -0.15) is 0 Å². The van der Waals surface area contributed by atoms with Crippen LogP contribution in [0.1, 0.15) is 6.92 Å². The highest BCUT2D eigenvalue weighted by molar-refractivity contribution is 8.02. The van der Waals surface area contributed by atoms with E-state index in [9.17, 15) is 13.2 Å². The van der Waals surface area contributed by atoms with E-state index in [1.54, 1.807) is 13.0 Å². The van der Waals surface area contributed by atoms with E-state index in [0.717, 1.165) is 18.9 Å². The first kappa shape index (κ1) is 21.1. The Kier molecular flexibility index (Phi) is 6.31. The Morgan fingerprint density at radius 2 is 1.96 bits per heavy atom. The van der Waals surface area contributed by atoms with Gasteiger partial charge in [0.2, 0.25) is 15.9 Å². The Balaban J connectivity index is 1.75. The molecule has 1 heterocycles. The van der Waals surface area contributed by atoms with Crippen LogP contribution in [0.3, 0.4) is 0 Å². The molecule has 0 radical (unpaired) electrons. The number of anilines is 1. The van der Waals surface area contributed by atoms with Crippen molar-refractivity contribution in [3.63, 3.8) is 0 Å². The van der Waals surface area contributed by atoms with Crippen molar-refractivity contribution < 1.29 is 13.2 Å². The fourth-order valence-corrected chi connectivity index (χ4v) is 5.93. The molecule has 0 bridgehead atoms. The maximum atomic E-state index is 12.6. The van der Waals surface area contributed by atoms with Gasteiger partial charge in [0, 0.05) is 19.8 Å². The molecule has 3 rings (SSSR count). The van der Waals surface area contributed by atoms with Crippen LogP contribution in [-0.4, -0.2) is 43.0 Å². The minimum absolute atomic E-state index is 0.0524. The molecule has 0 aliphatic rings. The summed E-state index contributed by atoms with van der Waals surface area (Å²) in [5.41, 5.74) is 1.27. The van der Waals surface area contributed by atoms with Gasteiger partial charge in [-0.15, -0.1) is 11.3 Å². The number of para-hydroxylation sites is 1. The first-order valence-electron chi connectivity index (χ1n) is 8.23. The minimum Gasteiger partial charge on any atom is -0.325 e. The van der Waals surface area contributed by atoms with Gasteiger partial charge in [-0.05, 0) is 37.3 Å². The van der Waals surface area contributed by atoms with E-state index in [1.165, 1.54) is 49.3 Å². The first-order chi connectivity index (χ1) is 13.2. The molecule has 28 heavy (non-hydrogen) atoms. The fourth-order valence-electron chi connectivity index (χ4n) is 2.33. The van der Waals surface area contributed by atoms with Gasteiger partial charge >= 0.3 is 0 Å². The van der Waals surface area contributed by atoms with Gasteiger partial charge in [-0.25, -0.2) is 17.7 Å². The highest BCUT2D eigenvalue weighted by Gasteiger charge is 2.22. The van der Waals surface area contributed by atoms with Crippen molar-refractivity contribution in [2.45, 2.75) is 21.4 Å². The molecule has 0 fully saturated rings. The molecule has 0 aliphatic heterocycles. The molecule has 10 heteroatoms. The van der Waals surface area contributed by atoms with Gasteiger partial charge in [0.15, 0.2) is 4.34 Å². The number of thioether (sulfide) groups is 1. The summed E-state index contributed by atoms with van der Waals surface area (Å²) in [6, 6.07) is 12.2. The van der Waals surface area contributed by atoms with Crippen LogP contribution in [0, 0.1) is 0 Å². The number of sulfonamides is 1. The average molecular weight is 456 g/mol. The van der Waals surface area contributed by atoms with Crippen LogP contribution < -0.4 is 5.32 Å². The lowest BCUT2D eigenvalue weighted by Gasteiger charge is -2.15. The Bertz CT molecular complexity index is 1100. The maximum Gasteiger partial charge on any atom is 0.244 e. The summed E-state index contributed by atoms with van der Waals surface area (Å²) in [6.07, 6.45) is 0. The predicted molar refractivity (Wildman–Crippen MR) is 116 cm³/mol. The van der Waals surface area contributed by atoms with Crippen molar-refractivity contribution in [3.8, 4) is 0 Å². The van der Waals surface area contributed by atoms with Gasteiger partial charge in [-0.3, -0.25) is 4.79 Å². The van der Waals surface area contributed by atoms with E-state index >= 15 is 0 Å². The molecule has 0 saturated heterocycles. The largest absolute Gasteiger partial charge is 0.325 e. The molecular weight excluding hydrogens is 438 g/mol. The van der Waals surface area contributed by atoms with Crippen molar-refractivity contribution in [1.29, 1.82) is 0 Å². The smallest absolute Gasteiger partial charge is 0.244 e. The minimum atomic E-state index is -3.71. The molecule has 1 atom stereocenters. The number of carbonyl (C=O) groups is 1. The van der Waals surface area contributed by atoms with E-state index in [1.807, 2.05) is 24.3 Å². The van der Waals surface area contributed by atoms with Gasteiger partial charge in [-0.1, -0.05) is 35.5 Å². The topological polar surface area (TPSA) is 79.4 Å². The summed E-state index contributed by atoms with van der Waals surface area (Å²) in [5, 5.41) is 2.44. The number of aromatic nitrogens is 1. The molecule has 0 unspecified atom stereocenters. The van der Waals surface area contributed by atoms with Crippen LogP contribution in [0.15, 0.2) is 51.7 Å². The number of fused-ring (bicyclic) bond motifs is 1. The SMILES string of the molecule is C[C@@H](Sc1nc2ccccc2s1)C(=O)Nc1ccc(Cl)c(S(=O)(=O)N(C)C)c1. The molecule has 1 N–H and O–H groups in total. The fraction of sp³-hybridized carbons (Fsp3) is 0.222. The van der Waals surface area contributed by atoms with Crippen molar-refractivity contribution >= 4 is 66.5 Å². The second-order valence-electron chi connectivity index (χ2n) is 6.13. The molecule has 6 nitrogen and oxygen atoms in total. The van der Waals surface area contributed by atoms with Crippen LogP contribution >= 0.6 is 34.7 Å². The summed E-state index contributed by atoms with van der Waals surface area (Å²) in [5.74, 6) is -0.250. The van der Waals surface area contributed by atoms with E-state index in [4.69, 9.17) is 11.6 Å². The van der Waals surface area contributed by atoms with Crippen LogP contribution in [0.2, 0.25) is 5.02 Å². The average Bonchev–Trinajstić information content (AvgIpc) is 3.05. The molecule has 0 saturated carbocycles. The van der Waals surface area contributed by atoms with Crippen molar-refractivity contribution in [3.05, 3.63) is 47.5 Å². The lowest BCUT2D eigenvalue weighted by Crippen LogP contribution is -2.24. The van der Waals surface area contributed by atoms with E-state index < -0.39 is 15.3 Å². The molecular formula is C18H18ClN3O3S3. The molecule has 1 amide bonds. The highest BCUT2D eigenvalue weighted by Crippen LogP contribution is 2.32. The second-order valence-corrected chi connectivity index (χ2v) is 11.3. The molecule has 2 aromatic carbocycles. The monoisotopic (exact) mass is 455 g/mol. The third kappa shape index (κ3) is 4.49. The Hall–Kier alpha value is -1.65. The summed E-state index contributed by atoms with van der Waals surface area (Å²) in [6.45, 7) is 1.78. The Morgan fingerprint density at radius 3 is 2.64 bits per heavy atom. The van der Waals surface area contributed by atoms with Crippen LogP contribution in [-0.2, 0) is 14.8 Å². The standard InChI is InChI=1S/C18H18ClN3O3S3/c1-11(26-18-21-14-6-4-5-7-15(14)27-18)17(23)20-12-8-9-13(19)16(10-12)28(24,25)22(2)3/h4-11H,1-3H3,(H,20,23)/t11-/m1/s1. The van der Waals surface area contributed by atoms with Crippen LogP contribution in [0.25, 0.3) is 10.2 Å². The molecule has 1 aromatic heterocycles. The normalized spacial score (nSPS) is 13.0. The molecule has 0 aliphatic carbocycles. The number of hydrogen-bond acceptors (Lipinski definition) is 6. The predicted octanol–water partition coefficient (Wildman–Crippen LogP) is 4.32. The van der Waals surface area contributed by atoms with Crippen molar-refractivity contribution in [2.24, 2.45) is 0 Å². The van der Waals surface area contributed by atoms with Crippen LogP contribution in [0.4, 0.5) is 5.69 Å². The zero-order valence-electron chi connectivity index (χ0n) is 15.3. The number of nitrogens with zero attached hydrogens (tertiary/aromatic N) is 2. The summed E-state index contributed by atoms with van der Waals surface area (Å²) < 4.78 is 27.7. The first-order valence-corrected chi connectivity index (χ1v) is 11.7. The molecule has 0 spiro atoms. The summed E-state index contributed by atoms with van der Waals surface area (Å²) >= 11 is 8.93.